The summed E-state index contributed by atoms with van der Waals surface area (Å²) >= 11 is 0. The van der Waals surface area contributed by atoms with Gasteiger partial charge in [0.05, 0.1) is 0 Å². The Bertz CT molecular complexity index is 654. The summed E-state index contributed by atoms with van der Waals surface area (Å²) in [4.78, 5) is 3.64. The van der Waals surface area contributed by atoms with Crippen molar-refractivity contribution in [2.24, 2.45) is 5.41 Å². The minimum Gasteiger partial charge on any atom is -0.358 e. The van der Waals surface area contributed by atoms with Gasteiger partial charge >= 0.3 is 0 Å². The van der Waals surface area contributed by atoms with E-state index in [0.29, 0.717) is 11.5 Å². The fraction of sp³-hybridized carbons (Fsp3) is 0.444. The molecule has 1 aliphatic heterocycles. The second kappa shape index (κ2) is 4.49. The number of piperidine rings is 1. The monoisotopic (exact) mass is 266 g/mol. The summed E-state index contributed by atoms with van der Waals surface area (Å²) in [6, 6.07) is 9.24. The van der Waals surface area contributed by atoms with Crippen LogP contribution in [-0.4, -0.2) is 11.5 Å². The summed E-state index contributed by atoms with van der Waals surface area (Å²) < 4.78 is 0. The van der Waals surface area contributed by atoms with Crippen LogP contribution in [-0.2, 0) is 6.42 Å². The van der Waals surface area contributed by atoms with Gasteiger partial charge < -0.3 is 10.3 Å². The Morgan fingerprint density at radius 3 is 3.10 bits per heavy atom. The van der Waals surface area contributed by atoms with E-state index in [0.717, 1.165) is 13.0 Å². The van der Waals surface area contributed by atoms with E-state index in [-0.39, 0.29) is 0 Å². The van der Waals surface area contributed by atoms with Gasteiger partial charge in [0.1, 0.15) is 0 Å². The van der Waals surface area contributed by atoms with Crippen molar-refractivity contribution in [1.82, 2.24) is 10.3 Å². The quantitative estimate of drug-likeness (QED) is 0.787. The summed E-state index contributed by atoms with van der Waals surface area (Å²) in [6.45, 7) is 5.15. The lowest BCUT2D eigenvalue weighted by molar-refractivity contribution is 0.113. The molecule has 1 aromatic carbocycles. The Labute approximate surface area is 120 Å². The summed E-state index contributed by atoms with van der Waals surface area (Å²) in [7, 11) is 0. The standard InChI is InChI=1S/C18H22N2/c1-2-9-18-10-5-12-19-17(18)16-13-6-3-4-7-14(13)20-15(16)8-11-18/h2-4,6-7,17,19-20H,1,5,8-12H2/t17-,18+/m1/s1. The van der Waals surface area contributed by atoms with E-state index in [1.807, 2.05) is 0 Å². The number of hydrogen-bond donors (Lipinski definition) is 2. The van der Waals surface area contributed by atoms with Crippen LogP contribution in [0.25, 0.3) is 10.9 Å². The van der Waals surface area contributed by atoms with Gasteiger partial charge in [0.2, 0.25) is 0 Å². The molecule has 0 bridgehead atoms. The second-order valence-corrected chi connectivity index (χ2v) is 6.41. The molecule has 104 valence electrons. The minimum atomic E-state index is 0.387. The van der Waals surface area contributed by atoms with Crippen LogP contribution in [0.2, 0.25) is 0 Å². The van der Waals surface area contributed by atoms with E-state index in [4.69, 9.17) is 0 Å². The number of para-hydroxylation sites is 1. The van der Waals surface area contributed by atoms with Crippen molar-refractivity contribution >= 4 is 10.9 Å². The van der Waals surface area contributed by atoms with E-state index in [1.54, 1.807) is 0 Å². The molecule has 2 aliphatic rings. The molecule has 2 N–H and O–H groups in total. The number of aromatic nitrogens is 1. The van der Waals surface area contributed by atoms with Crippen LogP contribution >= 0.6 is 0 Å². The molecule has 2 aromatic rings. The molecule has 0 unspecified atom stereocenters. The lowest BCUT2D eigenvalue weighted by atomic mass is 9.63. The van der Waals surface area contributed by atoms with Gasteiger partial charge in [-0.2, -0.15) is 0 Å². The third-order valence-electron chi connectivity index (χ3n) is 5.35. The summed E-state index contributed by atoms with van der Waals surface area (Å²) in [5.74, 6) is 0. The predicted octanol–water partition coefficient (Wildman–Crippen LogP) is 4.10. The molecule has 0 radical (unpaired) electrons. The highest BCUT2D eigenvalue weighted by atomic mass is 15.0. The minimum absolute atomic E-state index is 0.387. The van der Waals surface area contributed by atoms with Crippen molar-refractivity contribution < 1.29 is 0 Å². The fourth-order valence-corrected chi connectivity index (χ4v) is 4.45. The first-order valence-corrected chi connectivity index (χ1v) is 7.78. The summed E-state index contributed by atoms with van der Waals surface area (Å²) in [5.41, 5.74) is 4.66. The van der Waals surface area contributed by atoms with E-state index >= 15 is 0 Å². The predicted molar refractivity (Wildman–Crippen MR) is 83.8 cm³/mol. The highest BCUT2D eigenvalue weighted by Crippen LogP contribution is 2.52. The molecular formula is C18H22N2. The van der Waals surface area contributed by atoms with Crippen LogP contribution < -0.4 is 5.32 Å². The molecule has 0 saturated carbocycles. The van der Waals surface area contributed by atoms with E-state index in [1.165, 1.54) is 47.8 Å². The number of fused-ring (bicyclic) bond motifs is 5. The van der Waals surface area contributed by atoms with Crippen molar-refractivity contribution in [1.29, 1.82) is 0 Å². The number of aryl methyl sites for hydroxylation is 1. The molecule has 1 fully saturated rings. The molecule has 1 saturated heterocycles. The maximum Gasteiger partial charge on any atom is 0.0459 e. The van der Waals surface area contributed by atoms with Gasteiger partial charge in [-0.15, -0.1) is 6.58 Å². The number of aromatic amines is 1. The summed E-state index contributed by atoms with van der Waals surface area (Å²) in [5, 5.41) is 5.23. The molecule has 20 heavy (non-hydrogen) atoms. The molecular weight excluding hydrogens is 244 g/mol. The Balaban J connectivity index is 1.90. The molecule has 2 atom stereocenters. The van der Waals surface area contributed by atoms with Crippen molar-refractivity contribution in [2.75, 3.05) is 6.54 Å². The van der Waals surface area contributed by atoms with Crippen LogP contribution in [0.1, 0.15) is 43.0 Å². The van der Waals surface area contributed by atoms with Crippen molar-refractivity contribution in [3.05, 3.63) is 48.2 Å². The highest BCUT2D eigenvalue weighted by Gasteiger charge is 2.45. The molecule has 0 amide bonds. The Morgan fingerprint density at radius 1 is 1.30 bits per heavy atom. The molecule has 2 nitrogen and oxygen atoms in total. The molecule has 0 spiro atoms. The molecule has 2 heterocycles. The van der Waals surface area contributed by atoms with Gasteiger partial charge in [-0.05, 0) is 55.7 Å². The first-order valence-electron chi connectivity index (χ1n) is 7.78. The van der Waals surface area contributed by atoms with E-state index < -0.39 is 0 Å². The lowest BCUT2D eigenvalue weighted by Gasteiger charge is -2.47. The summed E-state index contributed by atoms with van der Waals surface area (Å²) in [6.07, 6.45) is 8.33. The SMILES string of the molecule is C=CC[C@@]12CCCN[C@@H]1c1c([nH]c3ccccc13)CC2. The van der Waals surface area contributed by atoms with E-state index in [9.17, 15) is 0 Å². The highest BCUT2D eigenvalue weighted by molar-refractivity contribution is 5.85. The molecule has 4 rings (SSSR count). The zero-order chi connectivity index (χ0) is 13.6. The van der Waals surface area contributed by atoms with Crippen LogP contribution in [0.3, 0.4) is 0 Å². The van der Waals surface area contributed by atoms with Crippen LogP contribution in [0.4, 0.5) is 0 Å². The molecule has 1 aliphatic carbocycles. The number of nitrogens with one attached hydrogen (secondary N) is 2. The first kappa shape index (κ1) is 12.2. The fourth-order valence-electron chi connectivity index (χ4n) is 4.45. The van der Waals surface area contributed by atoms with Crippen LogP contribution in [0, 0.1) is 5.41 Å². The first-order chi connectivity index (χ1) is 9.84. The lowest BCUT2D eigenvalue weighted by Crippen LogP contribution is -2.45. The largest absolute Gasteiger partial charge is 0.358 e. The van der Waals surface area contributed by atoms with Gasteiger partial charge in [-0.1, -0.05) is 24.3 Å². The number of H-pyrrole nitrogens is 1. The third-order valence-corrected chi connectivity index (χ3v) is 5.35. The van der Waals surface area contributed by atoms with Gasteiger partial charge in [0.25, 0.3) is 0 Å². The van der Waals surface area contributed by atoms with Gasteiger partial charge in [-0.3, -0.25) is 0 Å². The zero-order valence-corrected chi connectivity index (χ0v) is 11.9. The number of rotatable bonds is 2. The van der Waals surface area contributed by atoms with Crippen molar-refractivity contribution in [3.8, 4) is 0 Å². The van der Waals surface area contributed by atoms with E-state index in [2.05, 4.69) is 47.2 Å². The Hall–Kier alpha value is -1.54. The van der Waals surface area contributed by atoms with Gasteiger partial charge in [0.15, 0.2) is 0 Å². The normalized spacial score (nSPS) is 28.9. The number of hydrogen-bond acceptors (Lipinski definition) is 1. The number of allylic oxidation sites excluding steroid dienone is 1. The second-order valence-electron chi connectivity index (χ2n) is 6.41. The average Bonchev–Trinajstić information content (AvgIpc) is 2.86. The van der Waals surface area contributed by atoms with Gasteiger partial charge in [-0.25, -0.2) is 0 Å². The third kappa shape index (κ3) is 1.61. The van der Waals surface area contributed by atoms with Crippen LogP contribution in [0.5, 0.6) is 0 Å². The van der Waals surface area contributed by atoms with Crippen LogP contribution in [0.15, 0.2) is 36.9 Å². The van der Waals surface area contributed by atoms with Crippen molar-refractivity contribution in [3.63, 3.8) is 0 Å². The topological polar surface area (TPSA) is 27.8 Å². The van der Waals surface area contributed by atoms with Gasteiger partial charge in [0, 0.05) is 22.6 Å². The maximum atomic E-state index is 4.01. The molecule has 2 heteroatoms. The molecule has 1 aromatic heterocycles. The Kier molecular flexibility index (Phi) is 2.74. The van der Waals surface area contributed by atoms with Crippen molar-refractivity contribution in [2.45, 2.75) is 38.1 Å². The zero-order valence-electron chi connectivity index (χ0n) is 11.9. The Morgan fingerprint density at radius 2 is 2.20 bits per heavy atom. The maximum absolute atomic E-state index is 4.01. The average molecular weight is 266 g/mol. The smallest absolute Gasteiger partial charge is 0.0459 e. The number of benzene rings is 1.